The van der Waals surface area contributed by atoms with Gasteiger partial charge in [-0.15, -0.1) is 0 Å². The van der Waals surface area contributed by atoms with Crippen LogP contribution >= 0.6 is 0 Å². The predicted molar refractivity (Wildman–Crippen MR) is 135 cm³/mol. The topological polar surface area (TPSA) is 57.2 Å². The predicted octanol–water partition coefficient (Wildman–Crippen LogP) is 5.09. The van der Waals surface area contributed by atoms with Crippen molar-refractivity contribution in [3.8, 4) is 0 Å². The van der Waals surface area contributed by atoms with Crippen molar-refractivity contribution < 1.29 is 24.1 Å². The van der Waals surface area contributed by atoms with E-state index in [4.69, 9.17) is 24.1 Å². The number of rotatable bonds is 13. The molecule has 0 saturated heterocycles. The van der Waals surface area contributed by atoms with Gasteiger partial charge in [0.1, 0.15) is 0 Å². The van der Waals surface area contributed by atoms with Gasteiger partial charge in [0.25, 0.3) is 0 Å². The summed E-state index contributed by atoms with van der Waals surface area (Å²) in [6.45, 7) is 19.3. The van der Waals surface area contributed by atoms with Gasteiger partial charge in [-0.25, -0.2) is 0 Å². The molecule has 1 N–H and O–H groups in total. The van der Waals surface area contributed by atoms with Gasteiger partial charge < -0.3 is 24.1 Å². The normalized spacial score (nSPS) is 10.8. The van der Waals surface area contributed by atoms with Crippen LogP contribution in [0.15, 0.2) is 24.3 Å². The minimum absolute atomic E-state index is 0.0464. The third-order valence-electron chi connectivity index (χ3n) is 5.51. The number of ether oxygens (including phenoxy) is 4. The van der Waals surface area contributed by atoms with Crippen molar-refractivity contribution in [2.24, 2.45) is 0 Å². The highest BCUT2D eigenvalue weighted by atomic mass is 16.6. The monoisotopic (exact) mass is 460 g/mol. The van der Waals surface area contributed by atoms with Gasteiger partial charge >= 0.3 is 0 Å². The lowest BCUT2D eigenvalue weighted by atomic mass is 10.0. The fourth-order valence-electron chi connectivity index (χ4n) is 3.59. The number of hydrogen-bond acceptors (Lipinski definition) is 5. The summed E-state index contributed by atoms with van der Waals surface area (Å²) in [5, 5.41) is 8.53. The summed E-state index contributed by atoms with van der Waals surface area (Å²) in [6.07, 6.45) is 0. The molecule has 0 spiro atoms. The van der Waals surface area contributed by atoms with E-state index in [9.17, 15) is 0 Å². The maximum absolute atomic E-state index is 8.53. The Morgan fingerprint density at radius 3 is 1.30 bits per heavy atom. The zero-order valence-corrected chi connectivity index (χ0v) is 21.8. The van der Waals surface area contributed by atoms with Crippen molar-refractivity contribution in [2.45, 2.75) is 55.1 Å². The molecular weight excluding hydrogens is 416 g/mol. The third kappa shape index (κ3) is 12.3. The van der Waals surface area contributed by atoms with Gasteiger partial charge in [0.15, 0.2) is 0 Å². The molecule has 0 bridgehead atoms. The molecule has 2 aromatic rings. The van der Waals surface area contributed by atoms with E-state index in [1.165, 1.54) is 44.5 Å². The summed E-state index contributed by atoms with van der Waals surface area (Å²) in [5.41, 5.74) is 10.7. The van der Waals surface area contributed by atoms with Crippen LogP contribution < -0.4 is 0 Å². The standard InChI is InChI=1S/C18H30O5.C10H14/c1-15-12-16(2)18(17(3)13-15)14-23-11-10-22-9-8-21-7-6-20-5-4-19;1-7-5-8(2)10(4)9(3)6-7/h12-13,19H,4-11,14H2,1-3H3;5-6H,1-4H3. The van der Waals surface area contributed by atoms with Crippen molar-refractivity contribution >= 4 is 0 Å². The molecule has 5 heteroatoms. The Morgan fingerprint density at radius 1 is 0.515 bits per heavy atom. The van der Waals surface area contributed by atoms with Crippen LogP contribution in [-0.4, -0.2) is 58.0 Å². The summed E-state index contributed by atoms with van der Waals surface area (Å²) in [6, 6.07) is 8.82. The first-order valence-electron chi connectivity index (χ1n) is 11.8. The van der Waals surface area contributed by atoms with Crippen molar-refractivity contribution in [1.29, 1.82) is 0 Å². The minimum Gasteiger partial charge on any atom is -0.394 e. The molecular formula is C28H44O5. The summed E-state index contributed by atoms with van der Waals surface area (Å²) in [4.78, 5) is 0. The van der Waals surface area contributed by atoms with Crippen LogP contribution in [0, 0.1) is 48.5 Å². The number of aliphatic hydroxyl groups excluding tert-OH is 1. The third-order valence-corrected chi connectivity index (χ3v) is 5.51. The molecule has 186 valence electrons. The second kappa shape index (κ2) is 16.8. The lowest BCUT2D eigenvalue weighted by Gasteiger charge is -2.12. The zero-order valence-electron chi connectivity index (χ0n) is 21.8. The molecule has 0 unspecified atom stereocenters. The molecule has 0 fully saturated rings. The Kier molecular flexibility index (Phi) is 14.9. The first-order valence-corrected chi connectivity index (χ1v) is 11.8. The second-order valence-corrected chi connectivity index (χ2v) is 8.51. The van der Waals surface area contributed by atoms with Gasteiger partial charge in [0, 0.05) is 0 Å². The van der Waals surface area contributed by atoms with E-state index < -0.39 is 0 Å². The fraction of sp³-hybridized carbons (Fsp3) is 0.571. The first-order chi connectivity index (χ1) is 15.8. The van der Waals surface area contributed by atoms with Crippen LogP contribution in [0.4, 0.5) is 0 Å². The smallest absolute Gasteiger partial charge is 0.0723 e. The van der Waals surface area contributed by atoms with Gasteiger partial charge in [0.05, 0.1) is 59.5 Å². The molecule has 5 nitrogen and oxygen atoms in total. The van der Waals surface area contributed by atoms with Crippen LogP contribution in [0.5, 0.6) is 0 Å². The molecule has 0 aromatic heterocycles. The molecule has 2 rings (SSSR count). The quantitative estimate of drug-likeness (QED) is 0.422. The Balaban J connectivity index is 0.000000451. The van der Waals surface area contributed by atoms with Crippen molar-refractivity contribution in [3.63, 3.8) is 0 Å². The van der Waals surface area contributed by atoms with Crippen LogP contribution in [0.25, 0.3) is 0 Å². The van der Waals surface area contributed by atoms with Crippen LogP contribution in [0.2, 0.25) is 0 Å². The Labute approximate surface area is 201 Å². The van der Waals surface area contributed by atoms with Crippen LogP contribution in [0.3, 0.4) is 0 Å². The highest BCUT2D eigenvalue weighted by Crippen LogP contribution is 2.17. The maximum Gasteiger partial charge on any atom is 0.0723 e. The molecule has 2 aromatic carbocycles. The van der Waals surface area contributed by atoms with Gasteiger partial charge in [-0.1, -0.05) is 35.4 Å². The lowest BCUT2D eigenvalue weighted by molar-refractivity contribution is -0.00750. The molecule has 0 heterocycles. The summed E-state index contributed by atoms with van der Waals surface area (Å²) in [7, 11) is 0. The summed E-state index contributed by atoms with van der Waals surface area (Å²) in [5.74, 6) is 0. The second-order valence-electron chi connectivity index (χ2n) is 8.51. The Bertz CT molecular complexity index is 770. The van der Waals surface area contributed by atoms with Gasteiger partial charge in [-0.3, -0.25) is 0 Å². The fourth-order valence-corrected chi connectivity index (χ4v) is 3.59. The number of aliphatic hydroxyl groups is 1. The van der Waals surface area contributed by atoms with Crippen molar-refractivity contribution in [1.82, 2.24) is 0 Å². The zero-order chi connectivity index (χ0) is 24.6. The Morgan fingerprint density at radius 2 is 0.879 bits per heavy atom. The van der Waals surface area contributed by atoms with E-state index >= 15 is 0 Å². The van der Waals surface area contributed by atoms with Crippen molar-refractivity contribution in [2.75, 3.05) is 52.9 Å². The Hall–Kier alpha value is -1.76. The number of benzene rings is 2. The van der Waals surface area contributed by atoms with E-state index in [-0.39, 0.29) is 6.61 Å². The largest absolute Gasteiger partial charge is 0.394 e. The van der Waals surface area contributed by atoms with E-state index in [1.807, 2.05) is 0 Å². The van der Waals surface area contributed by atoms with E-state index in [2.05, 4.69) is 72.7 Å². The summed E-state index contributed by atoms with van der Waals surface area (Å²) < 4.78 is 21.5. The molecule has 0 amide bonds. The van der Waals surface area contributed by atoms with Gasteiger partial charge in [0.2, 0.25) is 0 Å². The lowest BCUT2D eigenvalue weighted by Crippen LogP contribution is -2.12. The number of hydrogen-bond donors (Lipinski definition) is 1. The average Bonchev–Trinajstić information content (AvgIpc) is 2.74. The van der Waals surface area contributed by atoms with Gasteiger partial charge in [-0.2, -0.15) is 0 Å². The van der Waals surface area contributed by atoms with E-state index in [0.29, 0.717) is 52.9 Å². The minimum atomic E-state index is 0.0464. The van der Waals surface area contributed by atoms with Gasteiger partial charge in [-0.05, 0) is 81.8 Å². The maximum atomic E-state index is 8.53. The molecule has 33 heavy (non-hydrogen) atoms. The highest BCUT2D eigenvalue weighted by molar-refractivity contribution is 5.37. The van der Waals surface area contributed by atoms with Crippen molar-refractivity contribution in [3.05, 3.63) is 68.8 Å². The van der Waals surface area contributed by atoms with E-state index in [1.54, 1.807) is 0 Å². The average molecular weight is 461 g/mol. The highest BCUT2D eigenvalue weighted by Gasteiger charge is 2.04. The first kappa shape index (κ1) is 29.3. The van der Waals surface area contributed by atoms with Crippen LogP contribution in [-0.2, 0) is 25.6 Å². The molecule has 0 aliphatic heterocycles. The molecule has 0 saturated carbocycles. The molecule has 0 aliphatic rings. The molecule has 0 atom stereocenters. The molecule has 0 radical (unpaired) electrons. The number of aryl methyl sites for hydroxylation is 6. The summed E-state index contributed by atoms with van der Waals surface area (Å²) >= 11 is 0. The molecule has 0 aliphatic carbocycles. The van der Waals surface area contributed by atoms with Crippen LogP contribution in [0.1, 0.15) is 44.5 Å². The SMILES string of the molecule is Cc1cc(C)c(C)c(C)c1.Cc1cc(C)c(COCCOCCOCCOCCO)c(C)c1. The van der Waals surface area contributed by atoms with E-state index in [0.717, 1.165) is 0 Å².